The van der Waals surface area contributed by atoms with E-state index in [0.29, 0.717) is 40.0 Å². The maximum Gasteiger partial charge on any atom is 0.249 e. The van der Waals surface area contributed by atoms with Crippen LogP contribution in [0.4, 0.5) is 0 Å². The van der Waals surface area contributed by atoms with Gasteiger partial charge in [0.2, 0.25) is 17.7 Å². The van der Waals surface area contributed by atoms with Gasteiger partial charge >= 0.3 is 0 Å². The Kier molecular flexibility index (Phi) is 7.74. The Morgan fingerprint density at radius 3 is 2.56 bits per heavy atom. The zero-order valence-electron chi connectivity index (χ0n) is 18.8. The lowest BCUT2D eigenvalue weighted by Gasteiger charge is -2.23. The van der Waals surface area contributed by atoms with Gasteiger partial charge in [-0.25, -0.2) is 0 Å². The molecule has 0 atom stereocenters. The highest BCUT2D eigenvalue weighted by molar-refractivity contribution is 6.33. The second-order valence-corrected chi connectivity index (χ2v) is 9.01. The van der Waals surface area contributed by atoms with Crippen LogP contribution in [-0.2, 0) is 17.9 Å². The SMILES string of the molecule is Cc1nn(CC(C)C)c(Cl)c1/C=C/C(=O)N(Cc1nnc(-c2ccccc2Cl)o1)C(C)C. The second-order valence-electron chi connectivity index (χ2n) is 8.24. The molecule has 2 heterocycles. The Labute approximate surface area is 198 Å². The van der Waals surface area contributed by atoms with Gasteiger partial charge in [-0.05, 0) is 44.9 Å². The highest BCUT2D eigenvalue weighted by Gasteiger charge is 2.20. The first-order chi connectivity index (χ1) is 15.2. The fourth-order valence-corrected chi connectivity index (χ4v) is 3.72. The molecule has 0 N–H and O–H groups in total. The van der Waals surface area contributed by atoms with Crippen molar-refractivity contribution in [3.63, 3.8) is 0 Å². The van der Waals surface area contributed by atoms with Crippen molar-refractivity contribution >= 4 is 35.2 Å². The van der Waals surface area contributed by atoms with Gasteiger partial charge in [-0.2, -0.15) is 5.10 Å². The predicted molar refractivity (Wildman–Crippen MR) is 126 cm³/mol. The van der Waals surface area contributed by atoms with E-state index in [9.17, 15) is 4.79 Å². The summed E-state index contributed by atoms with van der Waals surface area (Å²) in [7, 11) is 0. The van der Waals surface area contributed by atoms with Crippen LogP contribution in [0.15, 0.2) is 34.8 Å². The van der Waals surface area contributed by atoms with E-state index in [-0.39, 0.29) is 18.5 Å². The minimum atomic E-state index is -0.190. The van der Waals surface area contributed by atoms with E-state index in [1.807, 2.05) is 32.9 Å². The Morgan fingerprint density at radius 1 is 1.19 bits per heavy atom. The lowest BCUT2D eigenvalue weighted by atomic mass is 10.2. The van der Waals surface area contributed by atoms with Crippen molar-refractivity contribution in [1.82, 2.24) is 24.9 Å². The van der Waals surface area contributed by atoms with Crippen LogP contribution in [-0.4, -0.2) is 36.8 Å². The van der Waals surface area contributed by atoms with Crippen LogP contribution < -0.4 is 0 Å². The molecule has 1 amide bonds. The van der Waals surface area contributed by atoms with Gasteiger partial charge in [0.25, 0.3) is 0 Å². The molecule has 32 heavy (non-hydrogen) atoms. The monoisotopic (exact) mass is 475 g/mol. The summed E-state index contributed by atoms with van der Waals surface area (Å²) in [4.78, 5) is 14.6. The molecule has 0 aliphatic heterocycles. The van der Waals surface area contributed by atoms with Crippen LogP contribution in [0.2, 0.25) is 10.2 Å². The molecular formula is C23H27Cl2N5O2. The van der Waals surface area contributed by atoms with Crippen molar-refractivity contribution in [3.05, 3.63) is 57.7 Å². The Bertz CT molecular complexity index is 1120. The van der Waals surface area contributed by atoms with Gasteiger partial charge in [-0.3, -0.25) is 9.48 Å². The van der Waals surface area contributed by atoms with Gasteiger partial charge < -0.3 is 9.32 Å². The molecule has 0 radical (unpaired) electrons. The van der Waals surface area contributed by atoms with E-state index in [4.69, 9.17) is 27.6 Å². The summed E-state index contributed by atoms with van der Waals surface area (Å²) in [6.07, 6.45) is 3.21. The topological polar surface area (TPSA) is 77.1 Å². The molecule has 0 unspecified atom stereocenters. The van der Waals surface area contributed by atoms with Crippen molar-refractivity contribution in [2.75, 3.05) is 0 Å². The maximum absolute atomic E-state index is 13.0. The third kappa shape index (κ3) is 5.58. The highest BCUT2D eigenvalue weighted by Crippen LogP contribution is 2.27. The fraction of sp³-hybridized carbons (Fsp3) is 0.391. The number of amides is 1. The summed E-state index contributed by atoms with van der Waals surface area (Å²) < 4.78 is 7.53. The molecule has 1 aromatic carbocycles. The lowest BCUT2D eigenvalue weighted by Crippen LogP contribution is -2.35. The number of rotatable bonds is 8. The van der Waals surface area contributed by atoms with E-state index in [1.165, 1.54) is 6.08 Å². The first kappa shape index (κ1) is 24.0. The Hall–Kier alpha value is -2.64. The first-order valence-electron chi connectivity index (χ1n) is 10.5. The third-order valence-electron chi connectivity index (χ3n) is 4.82. The highest BCUT2D eigenvalue weighted by atomic mass is 35.5. The zero-order chi connectivity index (χ0) is 23.4. The molecule has 0 spiro atoms. The zero-order valence-corrected chi connectivity index (χ0v) is 20.4. The lowest BCUT2D eigenvalue weighted by molar-refractivity contribution is -0.128. The minimum Gasteiger partial charge on any atom is -0.419 e. The summed E-state index contributed by atoms with van der Waals surface area (Å²) in [5.74, 6) is 0.864. The van der Waals surface area contributed by atoms with E-state index in [1.54, 1.807) is 27.8 Å². The van der Waals surface area contributed by atoms with Crippen LogP contribution in [0.3, 0.4) is 0 Å². The van der Waals surface area contributed by atoms with Crippen molar-refractivity contribution in [1.29, 1.82) is 0 Å². The standard InChI is InChI=1S/C23H27Cl2N5O2/c1-14(2)12-30-22(25)17(16(5)28-30)10-11-21(31)29(15(3)4)13-20-26-27-23(32-20)18-8-6-7-9-19(18)24/h6-11,14-15H,12-13H2,1-5H3/b11-10+. The Morgan fingerprint density at radius 2 is 1.91 bits per heavy atom. The molecule has 0 aliphatic carbocycles. The Balaban J connectivity index is 1.76. The van der Waals surface area contributed by atoms with Gasteiger partial charge in [0.15, 0.2) is 0 Å². The van der Waals surface area contributed by atoms with Gasteiger partial charge in [-0.1, -0.05) is 49.2 Å². The van der Waals surface area contributed by atoms with Gasteiger partial charge in [0.05, 0.1) is 22.8 Å². The van der Waals surface area contributed by atoms with Crippen LogP contribution in [0.5, 0.6) is 0 Å². The normalized spacial score (nSPS) is 11.8. The van der Waals surface area contributed by atoms with Crippen molar-refractivity contribution < 1.29 is 9.21 Å². The summed E-state index contributed by atoms with van der Waals surface area (Å²) in [5.41, 5.74) is 2.17. The van der Waals surface area contributed by atoms with E-state index in [2.05, 4.69) is 29.1 Å². The number of nitrogens with zero attached hydrogens (tertiary/aromatic N) is 5. The number of carbonyl (C=O) groups is 1. The van der Waals surface area contributed by atoms with Crippen LogP contribution >= 0.6 is 23.2 Å². The molecule has 3 aromatic rings. The molecule has 0 bridgehead atoms. The molecule has 2 aromatic heterocycles. The molecular weight excluding hydrogens is 449 g/mol. The third-order valence-corrected chi connectivity index (χ3v) is 5.55. The van der Waals surface area contributed by atoms with Crippen LogP contribution in [0, 0.1) is 12.8 Å². The molecule has 0 saturated carbocycles. The molecule has 9 heteroatoms. The van der Waals surface area contributed by atoms with Crippen LogP contribution in [0.1, 0.15) is 44.8 Å². The first-order valence-corrected chi connectivity index (χ1v) is 11.2. The quantitative estimate of drug-likeness (QED) is 0.393. The van der Waals surface area contributed by atoms with Gasteiger partial charge in [0.1, 0.15) is 5.15 Å². The smallest absolute Gasteiger partial charge is 0.249 e. The molecule has 0 fully saturated rings. The number of hydrogen-bond donors (Lipinski definition) is 0. The molecule has 0 aliphatic rings. The predicted octanol–water partition coefficient (Wildman–Crippen LogP) is 5.65. The minimum absolute atomic E-state index is 0.0805. The van der Waals surface area contributed by atoms with E-state index >= 15 is 0 Å². The summed E-state index contributed by atoms with van der Waals surface area (Å²) in [5, 5.41) is 13.7. The van der Waals surface area contributed by atoms with Crippen LogP contribution in [0.25, 0.3) is 17.5 Å². The summed E-state index contributed by atoms with van der Waals surface area (Å²) in [6.45, 7) is 10.8. The van der Waals surface area contributed by atoms with Crippen molar-refractivity contribution in [2.45, 2.75) is 53.8 Å². The molecule has 7 nitrogen and oxygen atoms in total. The average Bonchev–Trinajstić information content (AvgIpc) is 3.29. The fourth-order valence-electron chi connectivity index (χ4n) is 3.20. The van der Waals surface area contributed by atoms with E-state index < -0.39 is 0 Å². The van der Waals surface area contributed by atoms with Crippen molar-refractivity contribution in [3.8, 4) is 11.5 Å². The number of aryl methyl sites for hydroxylation is 1. The number of halogens is 2. The van der Waals surface area contributed by atoms with Gasteiger partial charge in [0, 0.05) is 24.2 Å². The summed E-state index contributed by atoms with van der Waals surface area (Å²) >= 11 is 12.7. The van der Waals surface area contributed by atoms with E-state index in [0.717, 1.165) is 11.3 Å². The molecule has 170 valence electrons. The maximum atomic E-state index is 13.0. The summed E-state index contributed by atoms with van der Waals surface area (Å²) in [6, 6.07) is 7.15. The van der Waals surface area contributed by atoms with Crippen molar-refractivity contribution in [2.24, 2.45) is 5.92 Å². The number of aromatic nitrogens is 4. The second kappa shape index (κ2) is 10.3. The number of carbonyl (C=O) groups excluding carboxylic acids is 1. The average molecular weight is 476 g/mol. The molecule has 3 rings (SSSR count). The number of benzene rings is 1. The largest absolute Gasteiger partial charge is 0.419 e. The van der Waals surface area contributed by atoms with Gasteiger partial charge in [-0.15, -0.1) is 10.2 Å². The number of hydrogen-bond acceptors (Lipinski definition) is 5. The molecule has 0 saturated heterocycles.